The number of aromatic nitrogens is 1. The maximum atomic E-state index is 12.4. The predicted octanol–water partition coefficient (Wildman–Crippen LogP) is 2.88. The molecule has 2 N–H and O–H groups in total. The second-order valence-electron chi connectivity index (χ2n) is 7.13. The number of carbonyl (C=O) groups is 1. The van der Waals surface area contributed by atoms with Gasteiger partial charge in [0.25, 0.3) is 0 Å². The first-order valence-electron chi connectivity index (χ1n) is 7.84. The predicted molar refractivity (Wildman–Crippen MR) is 85.7 cm³/mol. The van der Waals surface area contributed by atoms with Crippen molar-refractivity contribution in [2.75, 3.05) is 18.8 Å². The number of carbonyl (C=O) groups excluding carboxylic acids is 1. The Labute approximate surface area is 127 Å². The Bertz CT molecular complexity index is 476. The summed E-state index contributed by atoms with van der Waals surface area (Å²) >= 11 is 0. The van der Waals surface area contributed by atoms with Crippen LogP contribution in [0.25, 0.3) is 0 Å². The van der Waals surface area contributed by atoms with E-state index in [1.807, 2.05) is 11.0 Å². The molecule has 21 heavy (non-hydrogen) atoms. The van der Waals surface area contributed by atoms with Gasteiger partial charge in [-0.15, -0.1) is 0 Å². The lowest BCUT2D eigenvalue weighted by atomic mass is 9.77. The van der Waals surface area contributed by atoms with Crippen molar-refractivity contribution in [3.63, 3.8) is 0 Å². The highest BCUT2D eigenvalue weighted by molar-refractivity contribution is 5.78. The number of hydrogen-bond acceptors (Lipinski definition) is 3. The smallest absolute Gasteiger partial charge is 0.228 e. The van der Waals surface area contributed by atoms with Crippen molar-refractivity contribution >= 4 is 11.6 Å². The fourth-order valence-electron chi connectivity index (χ4n) is 3.02. The highest BCUT2D eigenvalue weighted by Crippen LogP contribution is 2.34. The maximum Gasteiger partial charge on any atom is 0.228 e. The highest BCUT2D eigenvalue weighted by atomic mass is 16.2. The Morgan fingerprint density at radius 3 is 2.71 bits per heavy atom. The number of anilines is 1. The van der Waals surface area contributed by atoms with E-state index in [-0.39, 0.29) is 5.91 Å². The van der Waals surface area contributed by atoms with E-state index in [9.17, 15) is 4.79 Å². The van der Waals surface area contributed by atoms with Crippen molar-refractivity contribution in [3.8, 4) is 0 Å². The molecule has 0 spiro atoms. The molecule has 0 bridgehead atoms. The maximum absolute atomic E-state index is 12.4. The zero-order valence-corrected chi connectivity index (χ0v) is 13.4. The molecule has 0 saturated carbocycles. The van der Waals surface area contributed by atoms with Gasteiger partial charge in [-0.3, -0.25) is 9.78 Å². The van der Waals surface area contributed by atoms with E-state index in [1.165, 1.54) is 6.42 Å². The van der Waals surface area contributed by atoms with E-state index in [0.717, 1.165) is 31.6 Å². The molecule has 0 radical (unpaired) electrons. The Balaban J connectivity index is 1.92. The van der Waals surface area contributed by atoms with Gasteiger partial charge in [0.05, 0.1) is 18.3 Å². The van der Waals surface area contributed by atoms with Gasteiger partial charge in [0.2, 0.25) is 5.91 Å². The van der Waals surface area contributed by atoms with E-state index in [2.05, 4.69) is 25.8 Å². The number of likely N-dealkylation sites (tertiary alicyclic amines) is 1. The molecule has 4 heteroatoms. The topological polar surface area (TPSA) is 59.2 Å². The molecule has 1 aliphatic rings. The van der Waals surface area contributed by atoms with Gasteiger partial charge in [0.15, 0.2) is 0 Å². The van der Waals surface area contributed by atoms with Gasteiger partial charge in [0, 0.05) is 18.8 Å². The average molecular weight is 289 g/mol. The minimum Gasteiger partial charge on any atom is -0.397 e. The number of nitrogens with zero attached hydrogens (tertiary/aromatic N) is 2. The van der Waals surface area contributed by atoms with E-state index >= 15 is 0 Å². The van der Waals surface area contributed by atoms with Gasteiger partial charge in [-0.05, 0) is 42.7 Å². The molecule has 1 unspecified atom stereocenters. The first-order chi connectivity index (χ1) is 9.86. The molecule has 0 aliphatic carbocycles. The zero-order chi connectivity index (χ0) is 15.5. The number of nitrogens with two attached hydrogens (primary N) is 1. The standard InChI is InChI=1S/C17H27N3O/c1-17(2,3)13-5-4-9-20(10-8-13)16(21)11-15-7-6-14(18)12-19-15/h6-7,12-13H,4-5,8-11,18H2,1-3H3. The van der Waals surface area contributed by atoms with Crippen LogP contribution in [0.1, 0.15) is 45.7 Å². The van der Waals surface area contributed by atoms with Gasteiger partial charge in [-0.2, -0.15) is 0 Å². The van der Waals surface area contributed by atoms with Crippen LogP contribution in [-0.4, -0.2) is 28.9 Å². The number of amides is 1. The lowest BCUT2D eigenvalue weighted by Crippen LogP contribution is -2.33. The fourth-order valence-corrected chi connectivity index (χ4v) is 3.02. The summed E-state index contributed by atoms with van der Waals surface area (Å²) in [5, 5.41) is 0. The van der Waals surface area contributed by atoms with Crippen LogP contribution in [0.2, 0.25) is 0 Å². The minimum absolute atomic E-state index is 0.182. The molecule has 2 heterocycles. The molecule has 1 saturated heterocycles. The normalized spacial score (nSPS) is 20.1. The number of pyridine rings is 1. The third-order valence-corrected chi connectivity index (χ3v) is 4.49. The molecule has 116 valence electrons. The summed E-state index contributed by atoms with van der Waals surface area (Å²) in [5.41, 5.74) is 7.38. The van der Waals surface area contributed by atoms with E-state index in [0.29, 0.717) is 23.4 Å². The molecule has 1 fully saturated rings. The second-order valence-corrected chi connectivity index (χ2v) is 7.13. The van der Waals surface area contributed by atoms with E-state index in [4.69, 9.17) is 5.73 Å². The molecule has 0 aromatic carbocycles. The Hall–Kier alpha value is -1.58. The molecule has 1 aromatic rings. The molecule has 4 nitrogen and oxygen atoms in total. The third kappa shape index (κ3) is 4.45. The summed E-state index contributed by atoms with van der Waals surface area (Å²) in [6.45, 7) is 8.64. The van der Waals surface area contributed by atoms with Crippen LogP contribution >= 0.6 is 0 Å². The number of nitrogen functional groups attached to an aromatic ring is 1. The summed E-state index contributed by atoms with van der Waals surface area (Å²) in [6.07, 6.45) is 5.40. The molecular weight excluding hydrogens is 262 g/mol. The highest BCUT2D eigenvalue weighted by Gasteiger charge is 2.28. The SMILES string of the molecule is CC(C)(C)C1CCCN(C(=O)Cc2ccc(N)cn2)CC1. The molecule has 1 aromatic heterocycles. The van der Waals surface area contributed by atoms with Crippen molar-refractivity contribution in [2.45, 2.75) is 46.5 Å². The summed E-state index contributed by atoms with van der Waals surface area (Å²) in [5.74, 6) is 0.881. The third-order valence-electron chi connectivity index (χ3n) is 4.49. The number of rotatable bonds is 2. The number of hydrogen-bond donors (Lipinski definition) is 1. The van der Waals surface area contributed by atoms with Crippen LogP contribution in [0.15, 0.2) is 18.3 Å². The van der Waals surface area contributed by atoms with Gasteiger partial charge in [0.1, 0.15) is 0 Å². The van der Waals surface area contributed by atoms with Gasteiger partial charge in [-0.1, -0.05) is 20.8 Å². The van der Waals surface area contributed by atoms with Crippen LogP contribution in [0.4, 0.5) is 5.69 Å². The Morgan fingerprint density at radius 2 is 2.10 bits per heavy atom. The van der Waals surface area contributed by atoms with Crippen LogP contribution in [0.5, 0.6) is 0 Å². The summed E-state index contributed by atoms with van der Waals surface area (Å²) in [4.78, 5) is 18.6. The van der Waals surface area contributed by atoms with Gasteiger partial charge < -0.3 is 10.6 Å². The first-order valence-corrected chi connectivity index (χ1v) is 7.84. The van der Waals surface area contributed by atoms with E-state index < -0.39 is 0 Å². The fraction of sp³-hybridized carbons (Fsp3) is 0.647. The lowest BCUT2D eigenvalue weighted by Gasteiger charge is -2.29. The minimum atomic E-state index is 0.182. The monoisotopic (exact) mass is 289 g/mol. The summed E-state index contributed by atoms with van der Waals surface area (Å²) in [7, 11) is 0. The molecule has 1 atom stereocenters. The van der Waals surface area contributed by atoms with Crippen molar-refractivity contribution in [1.82, 2.24) is 9.88 Å². The van der Waals surface area contributed by atoms with Crippen LogP contribution in [0.3, 0.4) is 0 Å². The van der Waals surface area contributed by atoms with Crippen LogP contribution < -0.4 is 5.73 Å². The molecule has 1 aliphatic heterocycles. The van der Waals surface area contributed by atoms with Gasteiger partial charge >= 0.3 is 0 Å². The average Bonchev–Trinajstić information content (AvgIpc) is 2.67. The largest absolute Gasteiger partial charge is 0.397 e. The lowest BCUT2D eigenvalue weighted by molar-refractivity contribution is -0.130. The van der Waals surface area contributed by atoms with Crippen LogP contribution in [0, 0.1) is 11.3 Å². The van der Waals surface area contributed by atoms with Crippen molar-refractivity contribution in [1.29, 1.82) is 0 Å². The Morgan fingerprint density at radius 1 is 1.33 bits per heavy atom. The van der Waals surface area contributed by atoms with Crippen molar-refractivity contribution < 1.29 is 4.79 Å². The summed E-state index contributed by atoms with van der Waals surface area (Å²) < 4.78 is 0. The van der Waals surface area contributed by atoms with E-state index in [1.54, 1.807) is 12.3 Å². The van der Waals surface area contributed by atoms with Crippen molar-refractivity contribution in [3.05, 3.63) is 24.0 Å². The molecule has 1 amide bonds. The summed E-state index contributed by atoms with van der Waals surface area (Å²) in [6, 6.07) is 3.64. The first kappa shape index (κ1) is 15.8. The quantitative estimate of drug-likeness (QED) is 0.910. The second kappa shape index (κ2) is 6.46. The Kier molecular flexibility index (Phi) is 4.86. The zero-order valence-electron chi connectivity index (χ0n) is 13.4. The van der Waals surface area contributed by atoms with Crippen molar-refractivity contribution in [2.24, 2.45) is 11.3 Å². The van der Waals surface area contributed by atoms with Gasteiger partial charge in [-0.25, -0.2) is 0 Å². The molecule has 2 rings (SSSR count). The molecular formula is C17H27N3O. The van der Waals surface area contributed by atoms with Crippen LogP contribution in [-0.2, 0) is 11.2 Å².